The third-order valence-corrected chi connectivity index (χ3v) is 12.4. The van der Waals surface area contributed by atoms with E-state index in [4.69, 9.17) is 4.42 Å². The summed E-state index contributed by atoms with van der Waals surface area (Å²) in [6.45, 7) is 8.95. The normalized spacial score (nSPS) is 22.0. The molecule has 5 rings (SSSR count). The van der Waals surface area contributed by atoms with Crippen LogP contribution in [0.5, 0.6) is 0 Å². The van der Waals surface area contributed by atoms with E-state index in [0.717, 1.165) is 17.4 Å². The maximum atomic E-state index is 6.30. The molecule has 2 heteroatoms. The van der Waals surface area contributed by atoms with Crippen LogP contribution in [0.2, 0.25) is 0 Å². The zero-order valence-corrected chi connectivity index (χ0v) is 22.1. The second kappa shape index (κ2) is 8.38. The van der Waals surface area contributed by atoms with Crippen molar-refractivity contribution in [3.05, 3.63) is 82.8 Å². The molecule has 0 bridgehead atoms. The fourth-order valence-electron chi connectivity index (χ4n) is 6.42. The Bertz CT molecular complexity index is 1120. The van der Waals surface area contributed by atoms with Crippen LogP contribution in [-0.2, 0) is 11.8 Å². The Kier molecular flexibility index (Phi) is 5.80. The lowest BCUT2D eigenvalue weighted by molar-refractivity contribution is 0.444. The van der Waals surface area contributed by atoms with Crippen molar-refractivity contribution in [3.63, 3.8) is 0 Å². The molecule has 2 atom stereocenters. The summed E-state index contributed by atoms with van der Waals surface area (Å²) in [7, 11) is -0.825. The highest BCUT2D eigenvalue weighted by Gasteiger charge is 2.46. The Morgan fingerprint density at radius 1 is 0.879 bits per heavy atom. The van der Waals surface area contributed by atoms with Gasteiger partial charge in [0.15, 0.2) is 0 Å². The van der Waals surface area contributed by atoms with Gasteiger partial charge in [-0.25, -0.2) is 10.0 Å². The van der Waals surface area contributed by atoms with Gasteiger partial charge in [0.2, 0.25) is 0 Å². The average Bonchev–Trinajstić information content (AvgIpc) is 3.52. The summed E-state index contributed by atoms with van der Waals surface area (Å²) >= 11 is 0. The van der Waals surface area contributed by atoms with Gasteiger partial charge in [-0.2, -0.15) is 0 Å². The monoisotopic (exact) mass is 460 g/mol. The molecular weight excluding hydrogens is 420 g/mol. The first kappa shape index (κ1) is 22.8. The molecule has 2 aliphatic rings. The molecule has 2 aliphatic carbocycles. The van der Waals surface area contributed by atoms with Crippen LogP contribution in [0.15, 0.2) is 59.0 Å². The molecule has 1 aromatic heterocycles. The Morgan fingerprint density at radius 2 is 1.58 bits per heavy atom. The first-order chi connectivity index (χ1) is 15.7. The summed E-state index contributed by atoms with van der Waals surface area (Å²) in [6, 6.07) is 20.8. The summed E-state index contributed by atoms with van der Waals surface area (Å²) in [5.41, 5.74) is 7.50. The van der Waals surface area contributed by atoms with Crippen molar-refractivity contribution in [3.8, 4) is 11.1 Å². The third-order valence-electron chi connectivity index (χ3n) is 8.31. The zero-order chi connectivity index (χ0) is 23.4. The van der Waals surface area contributed by atoms with E-state index in [1.807, 2.05) is 0 Å². The van der Waals surface area contributed by atoms with Crippen LogP contribution >= 0.6 is 10.0 Å². The SMILES string of the molecule is Cc1ccc(C2Cc3c(-c4ccc(C(C)(C)C)cc4)cccc3C2S(C)(C)C2CCCC2)o1. The van der Waals surface area contributed by atoms with Crippen LogP contribution in [0, 0.1) is 6.92 Å². The molecule has 33 heavy (non-hydrogen) atoms. The first-order valence-electron chi connectivity index (χ1n) is 12.7. The lowest BCUT2D eigenvalue weighted by Gasteiger charge is -2.46. The number of furan rings is 1. The molecule has 1 nitrogen and oxygen atoms in total. The number of fused-ring (bicyclic) bond motifs is 1. The van der Waals surface area contributed by atoms with Crippen molar-refractivity contribution >= 4 is 10.0 Å². The molecule has 0 spiro atoms. The van der Waals surface area contributed by atoms with E-state index in [1.165, 1.54) is 48.1 Å². The molecule has 3 aromatic rings. The molecule has 0 radical (unpaired) electrons. The van der Waals surface area contributed by atoms with Gasteiger partial charge < -0.3 is 4.42 Å². The van der Waals surface area contributed by atoms with Crippen molar-refractivity contribution in [2.24, 2.45) is 0 Å². The van der Waals surface area contributed by atoms with Crippen LogP contribution < -0.4 is 0 Å². The minimum atomic E-state index is -0.825. The van der Waals surface area contributed by atoms with Crippen LogP contribution in [0.3, 0.4) is 0 Å². The molecule has 0 N–H and O–H groups in total. The summed E-state index contributed by atoms with van der Waals surface area (Å²) in [5.74, 6) is 2.68. The minimum absolute atomic E-state index is 0.180. The predicted octanol–water partition coefficient (Wildman–Crippen LogP) is 8.94. The van der Waals surface area contributed by atoms with Crippen molar-refractivity contribution in [2.75, 3.05) is 12.5 Å². The predicted molar refractivity (Wildman–Crippen MR) is 145 cm³/mol. The van der Waals surface area contributed by atoms with Crippen molar-refractivity contribution in [1.82, 2.24) is 0 Å². The summed E-state index contributed by atoms with van der Waals surface area (Å²) < 4.78 is 6.30. The summed E-state index contributed by atoms with van der Waals surface area (Å²) in [5, 5.41) is 1.46. The van der Waals surface area contributed by atoms with Gasteiger partial charge in [0.1, 0.15) is 11.5 Å². The fraction of sp³-hybridized carbons (Fsp3) is 0.484. The van der Waals surface area contributed by atoms with Gasteiger partial charge in [-0.1, -0.05) is 76.1 Å². The lowest BCUT2D eigenvalue weighted by Crippen LogP contribution is -2.22. The molecule has 2 aromatic carbocycles. The van der Waals surface area contributed by atoms with E-state index in [0.29, 0.717) is 11.2 Å². The van der Waals surface area contributed by atoms with Crippen LogP contribution in [-0.4, -0.2) is 17.8 Å². The van der Waals surface area contributed by atoms with Gasteiger partial charge in [0.25, 0.3) is 0 Å². The van der Waals surface area contributed by atoms with Crippen molar-refractivity contribution < 1.29 is 4.42 Å². The standard InChI is InChI=1S/C31H40OS/c1-21-14-19-29(32-21)28-20-27-25(22-15-17-23(18-16-22)31(2,3)4)12-9-13-26(27)30(28)33(5,6)24-10-7-8-11-24/h9,12-19,24,28,30H,7-8,10-11,20H2,1-6H3. The van der Waals surface area contributed by atoms with Gasteiger partial charge in [-0.3, -0.25) is 0 Å². The van der Waals surface area contributed by atoms with Crippen molar-refractivity contribution in [1.29, 1.82) is 0 Å². The van der Waals surface area contributed by atoms with E-state index in [2.05, 4.69) is 94.8 Å². The first-order valence-corrected chi connectivity index (χ1v) is 15.2. The molecule has 176 valence electrons. The van der Waals surface area contributed by atoms with E-state index in [9.17, 15) is 0 Å². The molecule has 0 amide bonds. The van der Waals surface area contributed by atoms with Gasteiger partial charge in [0.05, 0.1) is 0 Å². The number of aryl methyl sites for hydroxylation is 1. The zero-order valence-electron chi connectivity index (χ0n) is 21.3. The van der Waals surface area contributed by atoms with E-state index in [1.54, 1.807) is 11.1 Å². The van der Waals surface area contributed by atoms with Crippen LogP contribution in [0.25, 0.3) is 11.1 Å². The van der Waals surface area contributed by atoms with E-state index >= 15 is 0 Å². The molecule has 1 heterocycles. The van der Waals surface area contributed by atoms with Gasteiger partial charge in [0, 0.05) is 11.2 Å². The van der Waals surface area contributed by atoms with Gasteiger partial charge in [-0.15, -0.1) is 0 Å². The maximum Gasteiger partial charge on any atom is 0.108 e. The number of hydrogen-bond acceptors (Lipinski definition) is 1. The highest BCUT2D eigenvalue weighted by Crippen LogP contribution is 2.69. The van der Waals surface area contributed by atoms with Gasteiger partial charge >= 0.3 is 0 Å². The Labute approximate surface area is 202 Å². The maximum absolute atomic E-state index is 6.30. The number of rotatable bonds is 4. The number of benzene rings is 2. The summed E-state index contributed by atoms with van der Waals surface area (Å²) in [4.78, 5) is 0. The Morgan fingerprint density at radius 3 is 2.18 bits per heavy atom. The van der Waals surface area contributed by atoms with Crippen LogP contribution in [0.1, 0.15) is 85.8 Å². The molecule has 1 fully saturated rings. The van der Waals surface area contributed by atoms with Gasteiger partial charge in [-0.05, 0) is 89.3 Å². The highest BCUT2D eigenvalue weighted by molar-refractivity contribution is 8.33. The highest BCUT2D eigenvalue weighted by atomic mass is 32.3. The molecular formula is C31H40OS. The summed E-state index contributed by atoms with van der Waals surface area (Å²) in [6.07, 6.45) is 12.0. The lowest BCUT2D eigenvalue weighted by atomic mass is 9.85. The topological polar surface area (TPSA) is 13.1 Å². The third kappa shape index (κ3) is 4.09. The second-order valence-electron chi connectivity index (χ2n) is 11.8. The quantitative estimate of drug-likeness (QED) is 0.379. The second-order valence-corrected chi connectivity index (χ2v) is 15.9. The minimum Gasteiger partial charge on any atom is -0.466 e. The smallest absolute Gasteiger partial charge is 0.108 e. The van der Waals surface area contributed by atoms with Crippen LogP contribution in [0.4, 0.5) is 0 Å². The molecule has 2 unspecified atom stereocenters. The Balaban J connectivity index is 1.60. The van der Waals surface area contributed by atoms with Crippen molar-refractivity contribution in [2.45, 2.75) is 81.6 Å². The van der Waals surface area contributed by atoms with E-state index in [-0.39, 0.29) is 5.41 Å². The fourth-order valence-corrected chi connectivity index (χ4v) is 10.3. The molecule has 0 saturated heterocycles. The average molecular weight is 461 g/mol. The number of hydrogen-bond donors (Lipinski definition) is 0. The van der Waals surface area contributed by atoms with E-state index < -0.39 is 10.0 Å². The molecule has 0 aliphatic heterocycles. The largest absolute Gasteiger partial charge is 0.466 e. The molecule has 1 saturated carbocycles. The Hall–Kier alpha value is -1.93.